The normalized spacial score (nSPS) is 10.2. The van der Waals surface area contributed by atoms with Crippen LogP contribution in [0.15, 0.2) is 54.6 Å². The summed E-state index contributed by atoms with van der Waals surface area (Å²) in [5.74, 6) is 1.42. The Kier molecular flexibility index (Phi) is 6.06. The Morgan fingerprint density at radius 1 is 0.964 bits per heavy atom. The monoisotopic (exact) mass is 378 g/mol. The smallest absolute Gasteiger partial charge is 0.270 e. The van der Waals surface area contributed by atoms with E-state index in [2.05, 4.69) is 20.6 Å². The van der Waals surface area contributed by atoms with Crippen molar-refractivity contribution in [2.45, 2.75) is 13.5 Å². The lowest BCUT2D eigenvalue weighted by Crippen LogP contribution is -2.24. The van der Waals surface area contributed by atoms with Crippen LogP contribution in [0.4, 0.5) is 11.6 Å². The lowest BCUT2D eigenvalue weighted by atomic mass is 10.2. The molecule has 0 bridgehead atoms. The number of para-hydroxylation sites is 3. The van der Waals surface area contributed by atoms with Gasteiger partial charge in [0.1, 0.15) is 17.2 Å². The standard InChI is InChI=1S/C21H22N4O3/c1-14-12-17(20(26)22-13-15-8-4-6-10-18(15)27-2)25-21(23-14)24-16-9-5-7-11-19(16)28-3/h4-12H,13H2,1-3H3,(H,22,26)(H,23,24,25). The van der Waals surface area contributed by atoms with Crippen LogP contribution >= 0.6 is 0 Å². The van der Waals surface area contributed by atoms with E-state index in [1.54, 1.807) is 20.3 Å². The number of methoxy groups -OCH3 is 2. The fourth-order valence-electron chi connectivity index (χ4n) is 2.72. The van der Waals surface area contributed by atoms with E-state index in [0.717, 1.165) is 17.0 Å². The van der Waals surface area contributed by atoms with Crippen molar-refractivity contribution >= 4 is 17.5 Å². The molecule has 2 N–H and O–H groups in total. The van der Waals surface area contributed by atoms with Crippen LogP contribution in [0.3, 0.4) is 0 Å². The predicted molar refractivity (Wildman–Crippen MR) is 107 cm³/mol. The van der Waals surface area contributed by atoms with Gasteiger partial charge < -0.3 is 20.1 Å². The average Bonchev–Trinajstić information content (AvgIpc) is 2.72. The summed E-state index contributed by atoms with van der Waals surface area (Å²) in [7, 11) is 3.19. The number of aromatic nitrogens is 2. The molecule has 28 heavy (non-hydrogen) atoms. The zero-order valence-electron chi connectivity index (χ0n) is 16.0. The molecule has 2 aromatic carbocycles. The van der Waals surface area contributed by atoms with Gasteiger partial charge in [0.25, 0.3) is 5.91 Å². The van der Waals surface area contributed by atoms with Crippen LogP contribution in [0, 0.1) is 6.92 Å². The molecule has 1 aromatic heterocycles. The maximum Gasteiger partial charge on any atom is 0.270 e. The lowest BCUT2D eigenvalue weighted by Gasteiger charge is -2.12. The summed E-state index contributed by atoms with van der Waals surface area (Å²) in [5, 5.41) is 5.97. The predicted octanol–water partition coefficient (Wildman–Crippen LogP) is 3.48. The first-order chi connectivity index (χ1) is 13.6. The van der Waals surface area contributed by atoms with Crippen molar-refractivity contribution in [3.05, 3.63) is 71.5 Å². The van der Waals surface area contributed by atoms with Gasteiger partial charge in [-0.25, -0.2) is 9.97 Å². The van der Waals surface area contributed by atoms with Crippen LogP contribution < -0.4 is 20.1 Å². The third-order valence-corrected chi connectivity index (χ3v) is 4.07. The van der Waals surface area contributed by atoms with Crippen molar-refractivity contribution in [3.8, 4) is 11.5 Å². The zero-order valence-corrected chi connectivity index (χ0v) is 16.0. The number of hydrogen-bond acceptors (Lipinski definition) is 6. The summed E-state index contributed by atoms with van der Waals surface area (Å²) in [6.07, 6.45) is 0. The zero-order chi connectivity index (χ0) is 19.9. The Hall–Kier alpha value is -3.61. The molecule has 0 spiro atoms. The number of benzene rings is 2. The number of carbonyl (C=O) groups is 1. The number of anilines is 2. The van der Waals surface area contributed by atoms with Crippen molar-refractivity contribution in [2.75, 3.05) is 19.5 Å². The fraction of sp³-hybridized carbons (Fsp3) is 0.190. The summed E-state index contributed by atoms with van der Waals surface area (Å²) < 4.78 is 10.6. The Bertz CT molecular complexity index is 975. The number of aryl methyl sites for hydroxylation is 1. The van der Waals surface area contributed by atoms with Gasteiger partial charge in [0.05, 0.1) is 19.9 Å². The van der Waals surface area contributed by atoms with Gasteiger partial charge in [-0.15, -0.1) is 0 Å². The Morgan fingerprint density at radius 2 is 1.64 bits per heavy atom. The molecule has 0 radical (unpaired) electrons. The van der Waals surface area contributed by atoms with Crippen LogP contribution in [0.1, 0.15) is 21.7 Å². The van der Waals surface area contributed by atoms with Gasteiger partial charge in [0, 0.05) is 17.8 Å². The molecule has 0 unspecified atom stereocenters. The maximum absolute atomic E-state index is 12.6. The molecule has 0 aliphatic carbocycles. The molecule has 0 fully saturated rings. The van der Waals surface area contributed by atoms with Crippen molar-refractivity contribution in [2.24, 2.45) is 0 Å². The molecule has 0 aliphatic rings. The summed E-state index contributed by atoms with van der Waals surface area (Å²) in [6.45, 7) is 2.15. The van der Waals surface area contributed by atoms with Gasteiger partial charge in [0.2, 0.25) is 5.95 Å². The molecule has 1 amide bonds. The quantitative estimate of drug-likeness (QED) is 0.655. The number of nitrogens with one attached hydrogen (secondary N) is 2. The van der Waals surface area contributed by atoms with Crippen LogP contribution in [0.25, 0.3) is 0 Å². The molecule has 1 heterocycles. The van der Waals surface area contributed by atoms with Gasteiger partial charge in [-0.2, -0.15) is 0 Å². The van der Waals surface area contributed by atoms with Crippen LogP contribution in [-0.4, -0.2) is 30.1 Å². The first-order valence-corrected chi connectivity index (χ1v) is 8.76. The molecule has 144 valence electrons. The number of hydrogen-bond donors (Lipinski definition) is 2. The van der Waals surface area contributed by atoms with Crippen LogP contribution in [0.5, 0.6) is 11.5 Å². The summed E-state index contributed by atoms with van der Waals surface area (Å²) in [5.41, 5.74) is 2.56. The number of rotatable bonds is 7. The Morgan fingerprint density at radius 3 is 2.39 bits per heavy atom. The molecular formula is C21H22N4O3. The van der Waals surface area contributed by atoms with Crippen molar-refractivity contribution < 1.29 is 14.3 Å². The molecule has 3 rings (SSSR count). The van der Waals surface area contributed by atoms with E-state index in [4.69, 9.17) is 9.47 Å². The minimum absolute atomic E-state index is 0.278. The molecular weight excluding hydrogens is 356 g/mol. The SMILES string of the molecule is COc1ccccc1CNC(=O)c1cc(C)nc(Nc2ccccc2OC)n1. The minimum atomic E-state index is -0.292. The van der Waals surface area contributed by atoms with E-state index in [9.17, 15) is 4.79 Å². The van der Waals surface area contributed by atoms with Crippen molar-refractivity contribution in [3.63, 3.8) is 0 Å². The van der Waals surface area contributed by atoms with Gasteiger partial charge >= 0.3 is 0 Å². The topological polar surface area (TPSA) is 85.4 Å². The molecule has 0 saturated heterocycles. The number of amides is 1. The minimum Gasteiger partial charge on any atom is -0.496 e. The molecule has 7 nitrogen and oxygen atoms in total. The van der Waals surface area contributed by atoms with Crippen LogP contribution in [0.2, 0.25) is 0 Å². The largest absolute Gasteiger partial charge is 0.496 e. The fourth-order valence-corrected chi connectivity index (χ4v) is 2.72. The second-order valence-electron chi connectivity index (χ2n) is 6.04. The van der Waals surface area contributed by atoms with E-state index >= 15 is 0 Å². The molecule has 0 atom stereocenters. The van der Waals surface area contributed by atoms with E-state index in [-0.39, 0.29) is 11.6 Å². The van der Waals surface area contributed by atoms with Gasteiger partial charge in [-0.05, 0) is 31.2 Å². The highest BCUT2D eigenvalue weighted by Gasteiger charge is 2.13. The highest BCUT2D eigenvalue weighted by atomic mass is 16.5. The third kappa shape index (κ3) is 4.56. The molecule has 3 aromatic rings. The Labute approximate surface area is 163 Å². The summed E-state index contributed by atoms with van der Waals surface area (Å²) in [4.78, 5) is 21.3. The summed E-state index contributed by atoms with van der Waals surface area (Å²) in [6, 6.07) is 16.6. The highest BCUT2D eigenvalue weighted by molar-refractivity contribution is 5.92. The van der Waals surface area contributed by atoms with Crippen molar-refractivity contribution in [1.82, 2.24) is 15.3 Å². The van der Waals surface area contributed by atoms with E-state index in [1.165, 1.54) is 0 Å². The number of nitrogens with zero attached hydrogens (tertiary/aromatic N) is 2. The lowest BCUT2D eigenvalue weighted by molar-refractivity contribution is 0.0945. The maximum atomic E-state index is 12.6. The second-order valence-corrected chi connectivity index (χ2v) is 6.04. The van der Waals surface area contributed by atoms with Crippen LogP contribution in [-0.2, 0) is 6.54 Å². The molecule has 0 aliphatic heterocycles. The average molecular weight is 378 g/mol. The Balaban J connectivity index is 1.76. The van der Waals surface area contributed by atoms with Gasteiger partial charge in [-0.3, -0.25) is 4.79 Å². The highest BCUT2D eigenvalue weighted by Crippen LogP contribution is 2.25. The first-order valence-electron chi connectivity index (χ1n) is 8.76. The molecule has 0 saturated carbocycles. The van der Waals surface area contributed by atoms with E-state index in [0.29, 0.717) is 23.9 Å². The van der Waals surface area contributed by atoms with E-state index < -0.39 is 0 Å². The summed E-state index contributed by atoms with van der Waals surface area (Å²) >= 11 is 0. The van der Waals surface area contributed by atoms with Gasteiger partial charge in [-0.1, -0.05) is 30.3 Å². The number of carbonyl (C=O) groups excluding carboxylic acids is 1. The second kappa shape index (κ2) is 8.85. The third-order valence-electron chi connectivity index (χ3n) is 4.07. The first kappa shape index (κ1) is 19.2. The van der Waals surface area contributed by atoms with Crippen molar-refractivity contribution in [1.29, 1.82) is 0 Å². The number of ether oxygens (including phenoxy) is 2. The van der Waals surface area contributed by atoms with E-state index in [1.807, 2.05) is 55.5 Å². The molecule has 7 heteroatoms. The van der Waals surface area contributed by atoms with Gasteiger partial charge in [0.15, 0.2) is 0 Å².